The first-order valence-electron chi connectivity index (χ1n) is 4.38. The number of hydrogen-bond acceptors (Lipinski definition) is 3. The average molecular weight is 196 g/mol. The summed E-state index contributed by atoms with van der Waals surface area (Å²) < 4.78 is 0. The second-order valence-electron chi connectivity index (χ2n) is 3.14. The fraction of sp³-hybridized carbons (Fsp3) is 0.444. The first kappa shape index (κ1) is 8.72. The van der Waals surface area contributed by atoms with E-state index in [0.29, 0.717) is 6.54 Å². The maximum absolute atomic E-state index is 11.7. The summed E-state index contributed by atoms with van der Waals surface area (Å²) in [6.07, 6.45) is 0.890. The third kappa shape index (κ3) is 1.47. The molecule has 1 amide bonds. The molecule has 0 atom stereocenters. The Hall–Kier alpha value is -0.870. The minimum atomic E-state index is 0.179. The van der Waals surface area contributed by atoms with Gasteiger partial charge in [0.05, 0.1) is 4.88 Å². The van der Waals surface area contributed by atoms with Gasteiger partial charge in [0.2, 0.25) is 0 Å². The molecule has 0 aromatic carbocycles. The van der Waals surface area contributed by atoms with Gasteiger partial charge in [0.15, 0.2) is 0 Å². The van der Waals surface area contributed by atoms with Crippen molar-refractivity contribution in [1.29, 1.82) is 0 Å². The molecule has 1 aliphatic rings. The molecule has 70 valence electrons. The number of rotatable bonds is 3. The molecular formula is C9H12N2OS. The number of thiophene rings is 1. The first-order valence-corrected chi connectivity index (χ1v) is 5.26. The lowest BCUT2D eigenvalue weighted by Crippen LogP contribution is -2.26. The van der Waals surface area contributed by atoms with Crippen LogP contribution in [0, 0.1) is 0 Å². The Morgan fingerprint density at radius 2 is 2.46 bits per heavy atom. The number of hydrogen-bond donors (Lipinski definition) is 1. The summed E-state index contributed by atoms with van der Waals surface area (Å²) in [5.41, 5.74) is 6.57. The zero-order valence-electron chi connectivity index (χ0n) is 7.32. The normalized spacial score (nSPS) is 15.2. The van der Waals surface area contributed by atoms with Gasteiger partial charge in [-0.2, -0.15) is 0 Å². The summed E-state index contributed by atoms with van der Waals surface area (Å²) in [6, 6.07) is 2.03. The molecule has 1 aromatic heterocycles. The van der Waals surface area contributed by atoms with Crippen LogP contribution in [0.1, 0.15) is 21.7 Å². The lowest BCUT2D eigenvalue weighted by Gasteiger charge is -2.14. The van der Waals surface area contributed by atoms with Gasteiger partial charge in [-0.25, -0.2) is 0 Å². The molecule has 2 heterocycles. The predicted octanol–water partition coefficient (Wildman–Crippen LogP) is 1.05. The van der Waals surface area contributed by atoms with Crippen LogP contribution >= 0.6 is 11.3 Å². The third-order valence-electron chi connectivity index (χ3n) is 2.22. The molecule has 0 bridgehead atoms. The monoisotopic (exact) mass is 196 g/mol. The van der Waals surface area contributed by atoms with Crippen LogP contribution in [-0.2, 0) is 6.54 Å². The number of carbonyl (C=O) groups is 1. The van der Waals surface area contributed by atoms with Gasteiger partial charge in [0.1, 0.15) is 0 Å². The van der Waals surface area contributed by atoms with Crippen molar-refractivity contribution in [2.24, 2.45) is 5.73 Å². The van der Waals surface area contributed by atoms with Crippen molar-refractivity contribution in [1.82, 2.24) is 4.90 Å². The molecule has 3 nitrogen and oxygen atoms in total. The Morgan fingerprint density at radius 3 is 3.15 bits per heavy atom. The minimum absolute atomic E-state index is 0.179. The van der Waals surface area contributed by atoms with Gasteiger partial charge in [-0.05, 0) is 30.0 Å². The fourth-order valence-corrected chi connectivity index (χ4v) is 2.41. The quantitative estimate of drug-likeness (QED) is 0.785. The zero-order valence-corrected chi connectivity index (χ0v) is 8.14. The van der Waals surface area contributed by atoms with Crippen LogP contribution in [0.5, 0.6) is 0 Å². The second kappa shape index (κ2) is 3.47. The van der Waals surface area contributed by atoms with E-state index in [0.717, 1.165) is 24.4 Å². The molecule has 0 spiro atoms. The van der Waals surface area contributed by atoms with Crippen molar-refractivity contribution in [3.8, 4) is 0 Å². The maximum Gasteiger partial charge on any atom is 0.264 e. The highest BCUT2D eigenvalue weighted by molar-refractivity contribution is 7.12. The Kier molecular flexibility index (Phi) is 2.33. The number of amides is 1. The predicted molar refractivity (Wildman–Crippen MR) is 52.7 cm³/mol. The van der Waals surface area contributed by atoms with E-state index in [1.807, 2.05) is 16.3 Å². The van der Waals surface area contributed by atoms with Crippen LogP contribution in [-0.4, -0.2) is 23.9 Å². The molecule has 0 saturated heterocycles. The van der Waals surface area contributed by atoms with E-state index < -0.39 is 0 Å². The van der Waals surface area contributed by atoms with Gasteiger partial charge in [-0.15, -0.1) is 11.3 Å². The van der Waals surface area contributed by atoms with Crippen molar-refractivity contribution < 1.29 is 4.79 Å². The molecule has 13 heavy (non-hydrogen) atoms. The van der Waals surface area contributed by atoms with E-state index >= 15 is 0 Å². The second-order valence-corrected chi connectivity index (χ2v) is 4.06. The zero-order chi connectivity index (χ0) is 9.26. The van der Waals surface area contributed by atoms with Crippen LogP contribution in [0.3, 0.4) is 0 Å². The van der Waals surface area contributed by atoms with E-state index in [-0.39, 0.29) is 5.91 Å². The maximum atomic E-state index is 11.7. The van der Waals surface area contributed by atoms with Crippen LogP contribution in [0.4, 0.5) is 0 Å². The van der Waals surface area contributed by atoms with Crippen LogP contribution in [0.2, 0.25) is 0 Å². The highest BCUT2D eigenvalue weighted by Gasteiger charge is 2.27. The van der Waals surface area contributed by atoms with E-state index in [9.17, 15) is 4.79 Å². The largest absolute Gasteiger partial charge is 0.334 e. The Balaban J connectivity index is 2.06. The summed E-state index contributed by atoms with van der Waals surface area (Å²) >= 11 is 1.53. The van der Waals surface area contributed by atoms with Crippen molar-refractivity contribution >= 4 is 17.2 Å². The SMILES string of the molecule is NCCCN1Cc2ccsc2C1=O. The van der Waals surface area contributed by atoms with Gasteiger partial charge >= 0.3 is 0 Å². The van der Waals surface area contributed by atoms with E-state index in [2.05, 4.69) is 0 Å². The third-order valence-corrected chi connectivity index (χ3v) is 3.17. The lowest BCUT2D eigenvalue weighted by atomic mass is 10.3. The van der Waals surface area contributed by atoms with Crippen LogP contribution in [0.15, 0.2) is 11.4 Å². The molecule has 1 aromatic rings. The van der Waals surface area contributed by atoms with Gasteiger partial charge in [0, 0.05) is 13.1 Å². The molecular weight excluding hydrogens is 184 g/mol. The van der Waals surface area contributed by atoms with Crippen molar-refractivity contribution in [3.63, 3.8) is 0 Å². The van der Waals surface area contributed by atoms with Gasteiger partial charge in [-0.3, -0.25) is 4.79 Å². The smallest absolute Gasteiger partial charge is 0.264 e. The highest BCUT2D eigenvalue weighted by atomic mass is 32.1. The molecule has 0 radical (unpaired) electrons. The first-order chi connectivity index (χ1) is 6.33. The summed E-state index contributed by atoms with van der Waals surface area (Å²) in [4.78, 5) is 14.4. The van der Waals surface area contributed by atoms with Gasteiger partial charge in [-0.1, -0.05) is 0 Å². The van der Waals surface area contributed by atoms with E-state index in [1.54, 1.807) is 0 Å². The highest BCUT2D eigenvalue weighted by Crippen LogP contribution is 2.27. The average Bonchev–Trinajstić information content (AvgIpc) is 2.67. The minimum Gasteiger partial charge on any atom is -0.334 e. The molecule has 0 unspecified atom stereocenters. The summed E-state index contributed by atoms with van der Waals surface area (Å²) in [5.74, 6) is 0.179. The van der Waals surface area contributed by atoms with Crippen LogP contribution in [0.25, 0.3) is 0 Å². The van der Waals surface area contributed by atoms with Crippen molar-refractivity contribution in [2.75, 3.05) is 13.1 Å². The molecule has 4 heteroatoms. The Morgan fingerprint density at radius 1 is 1.62 bits per heavy atom. The molecule has 0 saturated carbocycles. The van der Waals surface area contributed by atoms with Crippen molar-refractivity contribution in [2.45, 2.75) is 13.0 Å². The number of carbonyl (C=O) groups excluding carboxylic acids is 1. The standard InChI is InChI=1S/C9H12N2OS/c10-3-1-4-11-6-7-2-5-13-8(7)9(11)12/h2,5H,1,3-4,6,10H2. The Labute approximate surface area is 81.2 Å². The summed E-state index contributed by atoms with van der Waals surface area (Å²) in [6.45, 7) is 2.21. The van der Waals surface area contributed by atoms with Crippen molar-refractivity contribution in [3.05, 3.63) is 21.9 Å². The molecule has 0 aliphatic carbocycles. The van der Waals surface area contributed by atoms with E-state index in [1.165, 1.54) is 16.9 Å². The lowest BCUT2D eigenvalue weighted by molar-refractivity contribution is 0.0781. The number of nitrogens with zero attached hydrogens (tertiary/aromatic N) is 1. The summed E-state index contributed by atoms with van der Waals surface area (Å²) in [7, 11) is 0. The topological polar surface area (TPSA) is 46.3 Å². The molecule has 1 aliphatic heterocycles. The number of nitrogens with two attached hydrogens (primary N) is 1. The molecule has 2 rings (SSSR count). The van der Waals surface area contributed by atoms with Gasteiger partial charge in [0.25, 0.3) is 5.91 Å². The molecule has 2 N–H and O–H groups in total. The Bertz CT molecular complexity index is 321. The van der Waals surface area contributed by atoms with Gasteiger partial charge < -0.3 is 10.6 Å². The summed E-state index contributed by atoms with van der Waals surface area (Å²) in [5, 5.41) is 1.98. The van der Waals surface area contributed by atoms with Crippen LogP contribution < -0.4 is 5.73 Å². The van der Waals surface area contributed by atoms with E-state index in [4.69, 9.17) is 5.73 Å². The number of fused-ring (bicyclic) bond motifs is 1. The molecule has 0 fully saturated rings. The fourth-order valence-electron chi connectivity index (χ4n) is 1.53.